The quantitative estimate of drug-likeness (QED) is 0.419. The molecule has 10 nitrogen and oxygen atoms in total. The lowest BCUT2D eigenvalue weighted by atomic mass is 9.98. The SMILES string of the molecule is CCCc1ccnc2c(=O)[nH]c(-c3cc(S(=O)(=O)N4CCC(C(=O)OCC)CC4)ccc3OCC)nc12. The van der Waals surface area contributed by atoms with E-state index < -0.39 is 15.6 Å². The molecule has 0 bridgehead atoms. The molecule has 1 aliphatic heterocycles. The van der Waals surface area contributed by atoms with E-state index in [1.165, 1.54) is 16.4 Å². The monoisotopic (exact) mass is 528 g/mol. The number of rotatable bonds is 9. The Morgan fingerprint density at radius 1 is 1.11 bits per heavy atom. The summed E-state index contributed by atoms with van der Waals surface area (Å²) in [6.07, 6.45) is 3.98. The molecule has 2 aromatic heterocycles. The van der Waals surface area contributed by atoms with E-state index in [-0.39, 0.29) is 41.2 Å². The molecule has 4 rings (SSSR count). The zero-order valence-corrected chi connectivity index (χ0v) is 22.1. The maximum Gasteiger partial charge on any atom is 0.309 e. The largest absolute Gasteiger partial charge is 0.493 e. The van der Waals surface area contributed by atoms with Crippen molar-refractivity contribution in [2.45, 2.75) is 51.3 Å². The Labute approximate surface area is 216 Å². The second-order valence-electron chi connectivity index (χ2n) is 8.85. The van der Waals surface area contributed by atoms with Crippen LogP contribution >= 0.6 is 0 Å². The summed E-state index contributed by atoms with van der Waals surface area (Å²) in [5.41, 5.74) is 1.58. The number of nitrogens with one attached hydrogen (secondary N) is 1. The molecule has 0 radical (unpaired) electrons. The summed E-state index contributed by atoms with van der Waals surface area (Å²) >= 11 is 0. The van der Waals surface area contributed by atoms with Gasteiger partial charge in [0.2, 0.25) is 10.0 Å². The number of hydrogen-bond acceptors (Lipinski definition) is 8. The first-order valence-electron chi connectivity index (χ1n) is 12.6. The van der Waals surface area contributed by atoms with Gasteiger partial charge in [0.15, 0.2) is 5.52 Å². The number of aromatic nitrogens is 3. The Hall–Kier alpha value is -3.31. The molecule has 1 fully saturated rings. The average Bonchev–Trinajstić information content (AvgIpc) is 2.90. The Morgan fingerprint density at radius 3 is 2.54 bits per heavy atom. The molecular formula is C26H32N4O6S. The van der Waals surface area contributed by atoms with Crippen molar-refractivity contribution in [2.24, 2.45) is 5.92 Å². The van der Waals surface area contributed by atoms with E-state index in [9.17, 15) is 18.0 Å². The van der Waals surface area contributed by atoms with Gasteiger partial charge in [-0.2, -0.15) is 4.31 Å². The van der Waals surface area contributed by atoms with Gasteiger partial charge in [-0.25, -0.2) is 18.4 Å². The summed E-state index contributed by atoms with van der Waals surface area (Å²) in [6, 6.07) is 6.39. The van der Waals surface area contributed by atoms with E-state index in [0.29, 0.717) is 42.9 Å². The van der Waals surface area contributed by atoms with Crippen LogP contribution in [-0.2, 0) is 26.0 Å². The molecule has 198 valence electrons. The van der Waals surface area contributed by atoms with Gasteiger partial charge in [0.25, 0.3) is 5.56 Å². The summed E-state index contributed by atoms with van der Waals surface area (Å²) in [6.45, 7) is 6.68. The number of hydrogen-bond donors (Lipinski definition) is 1. The van der Waals surface area contributed by atoms with E-state index in [4.69, 9.17) is 14.5 Å². The zero-order chi connectivity index (χ0) is 26.6. The van der Waals surface area contributed by atoms with Crippen LogP contribution in [0, 0.1) is 5.92 Å². The third-order valence-corrected chi connectivity index (χ3v) is 8.31. The standard InChI is InChI=1S/C26H32N4O6S/c1-4-7-17-10-13-27-23-22(17)28-24(29-25(23)31)20-16-19(8-9-21(20)35-5-2)37(33,34)30-14-11-18(12-15-30)26(32)36-6-3/h8-10,13,16,18H,4-7,11-12,14-15H2,1-3H3,(H,28,29,31). The van der Waals surface area contributed by atoms with Crippen LogP contribution in [0.3, 0.4) is 0 Å². The number of piperidine rings is 1. The normalized spacial score (nSPS) is 15.1. The minimum atomic E-state index is -3.86. The van der Waals surface area contributed by atoms with Gasteiger partial charge in [-0.15, -0.1) is 0 Å². The average molecular weight is 529 g/mol. The summed E-state index contributed by atoms with van der Waals surface area (Å²) in [7, 11) is -3.86. The number of aryl methyl sites for hydroxylation is 1. The number of benzene rings is 1. The van der Waals surface area contributed by atoms with Crippen molar-refractivity contribution in [3.05, 3.63) is 46.4 Å². The molecule has 0 aliphatic carbocycles. The van der Waals surface area contributed by atoms with Crippen molar-refractivity contribution < 1.29 is 22.7 Å². The van der Waals surface area contributed by atoms with Crippen molar-refractivity contribution in [2.75, 3.05) is 26.3 Å². The van der Waals surface area contributed by atoms with Crippen molar-refractivity contribution in [1.29, 1.82) is 0 Å². The number of sulfonamides is 1. The molecule has 1 N–H and O–H groups in total. The van der Waals surface area contributed by atoms with Crippen LogP contribution < -0.4 is 10.3 Å². The lowest BCUT2D eigenvalue weighted by molar-refractivity contribution is -0.149. The van der Waals surface area contributed by atoms with Crippen LogP contribution in [0.15, 0.2) is 40.2 Å². The lowest BCUT2D eigenvalue weighted by Gasteiger charge is -2.30. The van der Waals surface area contributed by atoms with Gasteiger partial charge >= 0.3 is 5.97 Å². The second kappa shape index (κ2) is 11.4. The molecule has 0 unspecified atom stereocenters. The lowest BCUT2D eigenvalue weighted by Crippen LogP contribution is -2.40. The van der Waals surface area contributed by atoms with Gasteiger partial charge in [0, 0.05) is 19.3 Å². The van der Waals surface area contributed by atoms with Crippen molar-refractivity contribution in [3.63, 3.8) is 0 Å². The van der Waals surface area contributed by atoms with Crippen LogP contribution in [0.1, 0.15) is 45.6 Å². The summed E-state index contributed by atoms with van der Waals surface area (Å²) in [4.78, 5) is 36.7. The van der Waals surface area contributed by atoms with Gasteiger partial charge in [-0.05, 0) is 62.9 Å². The molecule has 37 heavy (non-hydrogen) atoms. The Balaban J connectivity index is 1.73. The number of fused-ring (bicyclic) bond motifs is 1. The minimum absolute atomic E-state index is 0.0586. The summed E-state index contributed by atoms with van der Waals surface area (Å²) in [5.74, 6) is 0.0292. The molecule has 3 aromatic rings. The molecule has 0 amide bonds. The Bertz CT molecular complexity index is 1450. The number of nitrogens with zero attached hydrogens (tertiary/aromatic N) is 3. The first kappa shape index (κ1) is 26.7. The van der Waals surface area contributed by atoms with Crippen LogP contribution in [0.5, 0.6) is 5.75 Å². The van der Waals surface area contributed by atoms with Gasteiger partial charge in [-0.3, -0.25) is 9.59 Å². The second-order valence-corrected chi connectivity index (χ2v) is 10.8. The van der Waals surface area contributed by atoms with E-state index in [1.54, 1.807) is 19.2 Å². The zero-order valence-electron chi connectivity index (χ0n) is 21.3. The molecule has 0 atom stereocenters. The number of carbonyl (C=O) groups excluding carboxylic acids is 1. The Kier molecular flexibility index (Phi) is 8.23. The highest BCUT2D eigenvalue weighted by atomic mass is 32.2. The fraction of sp³-hybridized carbons (Fsp3) is 0.462. The van der Waals surface area contributed by atoms with Crippen LogP contribution in [-0.4, -0.2) is 59.9 Å². The number of pyridine rings is 1. The third kappa shape index (κ3) is 5.52. The minimum Gasteiger partial charge on any atom is -0.493 e. The third-order valence-electron chi connectivity index (χ3n) is 6.42. The van der Waals surface area contributed by atoms with Crippen LogP contribution in [0.4, 0.5) is 0 Å². The first-order valence-corrected chi connectivity index (χ1v) is 14.1. The molecule has 3 heterocycles. The predicted molar refractivity (Wildman–Crippen MR) is 139 cm³/mol. The van der Waals surface area contributed by atoms with Gasteiger partial charge in [0.05, 0.1) is 29.6 Å². The number of carbonyl (C=O) groups is 1. The number of esters is 1. The maximum atomic E-state index is 13.5. The molecule has 11 heteroatoms. The molecule has 0 saturated carbocycles. The molecule has 1 saturated heterocycles. The van der Waals surface area contributed by atoms with E-state index in [0.717, 1.165) is 18.4 Å². The van der Waals surface area contributed by atoms with Gasteiger partial charge in [-0.1, -0.05) is 13.3 Å². The fourth-order valence-corrected chi connectivity index (χ4v) is 6.06. The van der Waals surface area contributed by atoms with E-state index >= 15 is 0 Å². The van der Waals surface area contributed by atoms with E-state index in [1.807, 2.05) is 19.9 Å². The molecule has 0 spiro atoms. The summed E-state index contributed by atoms with van der Waals surface area (Å²) in [5, 5.41) is 0. The van der Waals surface area contributed by atoms with Gasteiger partial charge in [0.1, 0.15) is 17.1 Å². The van der Waals surface area contributed by atoms with Crippen molar-refractivity contribution >= 4 is 27.0 Å². The van der Waals surface area contributed by atoms with Crippen molar-refractivity contribution in [3.8, 4) is 17.1 Å². The predicted octanol–water partition coefficient (Wildman–Crippen LogP) is 3.30. The van der Waals surface area contributed by atoms with Crippen molar-refractivity contribution in [1.82, 2.24) is 19.3 Å². The molecular weight excluding hydrogens is 496 g/mol. The number of ether oxygens (including phenoxy) is 2. The van der Waals surface area contributed by atoms with E-state index in [2.05, 4.69) is 9.97 Å². The van der Waals surface area contributed by atoms with Crippen LogP contribution in [0.25, 0.3) is 22.4 Å². The molecule has 1 aliphatic rings. The summed E-state index contributed by atoms with van der Waals surface area (Å²) < 4.78 is 39.3. The fourth-order valence-electron chi connectivity index (χ4n) is 4.57. The maximum absolute atomic E-state index is 13.5. The number of aromatic amines is 1. The highest BCUT2D eigenvalue weighted by molar-refractivity contribution is 7.89. The smallest absolute Gasteiger partial charge is 0.309 e. The first-order chi connectivity index (χ1) is 17.8. The highest BCUT2D eigenvalue weighted by Crippen LogP contribution is 2.33. The highest BCUT2D eigenvalue weighted by Gasteiger charge is 2.33. The molecule has 1 aromatic carbocycles. The van der Waals surface area contributed by atoms with Gasteiger partial charge < -0.3 is 14.5 Å². The Morgan fingerprint density at radius 2 is 1.86 bits per heavy atom. The topological polar surface area (TPSA) is 132 Å². The van der Waals surface area contributed by atoms with Crippen LogP contribution in [0.2, 0.25) is 0 Å². The number of H-pyrrole nitrogens is 1.